The van der Waals surface area contributed by atoms with Gasteiger partial charge < -0.3 is 0 Å². The lowest BCUT2D eigenvalue weighted by Gasteiger charge is -2.01. The third-order valence-corrected chi connectivity index (χ3v) is 3.08. The molecule has 0 radical (unpaired) electrons. The van der Waals surface area contributed by atoms with E-state index in [1.165, 1.54) is 0 Å². The van der Waals surface area contributed by atoms with Crippen molar-refractivity contribution in [1.82, 2.24) is 29.8 Å². The summed E-state index contributed by atoms with van der Waals surface area (Å²) in [6.45, 7) is 3.01. The molecule has 2 heterocycles. The molecule has 0 aliphatic heterocycles. The maximum atomic E-state index is 4.28. The molecule has 0 saturated carbocycles. The predicted octanol–water partition coefficient (Wildman–Crippen LogP) is 2.33. The van der Waals surface area contributed by atoms with Crippen molar-refractivity contribution in [2.75, 3.05) is 0 Å². The third kappa shape index (κ3) is 2.45. The van der Waals surface area contributed by atoms with Crippen molar-refractivity contribution in [2.45, 2.75) is 26.3 Å². The number of benzene rings is 1. The van der Waals surface area contributed by atoms with Gasteiger partial charge in [-0.1, -0.05) is 36.8 Å². The fourth-order valence-corrected chi connectivity index (χ4v) is 2.01. The summed E-state index contributed by atoms with van der Waals surface area (Å²) in [5.74, 6) is 0.764. The van der Waals surface area contributed by atoms with Gasteiger partial charge >= 0.3 is 0 Å². The topological polar surface area (TPSA) is 61.4 Å². The van der Waals surface area contributed by atoms with Crippen molar-refractivity contribution in [1.29, 1.82) is 0 Å². The molecule has 0 N–H and O–H groups in total. The summed E-state index contributed by atoms with van der Waals surface area (Å²) in [6, 6.07) is 9.89. The molecule has 0 bridgehead atoms. The first-order valence-corrected chi connectivity index (χ1v) is 6.74. The highest BCUT2D eigenvalue weighted by Crippen LogP contribution is 2.15. The molecule has 0 spiro atoms. The quantitative estimate of drug-likeness (QED) is 0.712. The second-order valence-corrected chi connectivity index (χ2v) is 4.54. The molecule has 1 aromatic carbocycles. The van der Waals surface area contributed by atoms with Gasteiger partial charge in [0.2, 0.25) is 0 Å². The summed E-state index contributed by atoms with van der Waals surface area (Å²) in [7, 11) is 0. The molecule has 0 saturated heterocycles. The van der Waals surface area contributed by atoms with Gasteiger partial charge in [-0.3, -0.25) is 0 Å². The summed E-state index contributed by atoms with van der Waals surface area (Å²) in [5, 5.41) is 12.6. The van der Waals surface area contributed by atoms with Crippen molar-refractivity contribution >= 4 is 0 Å². The lowest BCUT2D eigenvalue weighted by molar-refractivity contribution is 0.575. The van der Waals surface area contributed by atoms with E-state index in [0.29, 0.717) is 0 Å². The van der Waals surface area contributed by atoms with Crippen LogP contribution in [0.25, 0.3) is 17.2 Å². The number of rotatable bonds is 5. The molecule has 0 aliphatic rings. The van der Waals surface area contributed by atoms with Crippen molar-refractivity contribution < 1.29 is 0 Å². The molecule has 102 valence electrons. The van der Waals surface area contributed by atoms with E-state index in [1.807, 2.05) is 41.2 Å². The van der Waals surface area contributed by atoms with Crippen molar-refractivity contribution in [3.05, 3.63) is 42.9 Å². The number of nitrogens with zero attached hydrogens (tertiary/aromatic N) is 6. The number of unbranched alkanes of at least 4 members (excludes halogenated alkanes) is 1. The van der Waals surface area contributed by atoms with E-state index in [9.17, 15) is 0 Å². The van der Waals surface area contributed by atoms with Gasteiger partial charge in [-0.05, 0) is 18.6 Å². The molecule has 20 heavy (non-hydrogen) atoms. The highest BCUT2D eigenvalue weighted by atomic mass is 15.4. The maximum absolute atomic E-state index is 4.28. The van der Waals surface area contributed by atoms with Gasteiger partial charge in [0.05, 0.1) is 11.9 Å². The Kier molecular flexibility index (Phi) is 3.54. The van der Waals surface area contributed by atoms with E-state index in [2.05, 4.69) is 27.3 Å². The summed E-state index contributed by atoms with van der Waals surface area (Å²) in [4.78, 5) is 4.28. The molecule has 0 amide bonds. The lowest BCUT2D eigenvalue weighted by atomic mass is 10.3. The predicted molar refractivity (Wildman–Crippen MR) is 75.3 cm³/mol. The number of aromatic nitrogens is 6. The first kappa shape index (κ1) is 12.5. The molecule has 3 aromatic rings. The first-order valence-electron chi connectivity index (χ1n) is 6.74. The molecular formula is C14H16N6. The lowest BCUT2D eigenvalue weighted by Crippen LogP contribution is -2.02. The fourth-order valence-electron chi connectivity index (χ4n) is 2.01. The molecule has 0 aliphatic carbocycles. The Bertz CT molecular complexity index is 670. The molecule has 3 rings (SSSR count). The summed E-state index contributed by atoms with van der Waals surface area (Å²) < 4.78 is 3.62. The van der Waals surface area contributed by atoms with E-state index in [-0.39, 0.29) is 0 Å². The Morgan fingerprint density at radius 2 is 2.00 bits per heavy atom. The normalized spacial score (nSPS) is 10.8. The number of aryl methyl sites for hydroxylation is 1. The average molecular weight is 268 g/mol. The molecular weight excluding hydrogens is 252 g/mol. The number of hydrogen-bond acceptors (Lipinski definition) is 4. The Hall–Kier alpha value is -2.50. The van der Waals surface area contributed by atoms with Gasteiger partial charge in [0.1, 0.15) is 6.33 Å². The maximum Gasteiger partial charge on any atom is 0.180 e. The zero-order chi connectivity index (χ0) is 13.8. The SMILES string of the molecule is CCCCn1ncnc1-c1cn(-c2ccccc2)nn1. The van der Waals surface area contributed by atoms with Crippen LogP contribution >= 0.6 is 0 Å². The van der Waals surface area contributed by atoms with Gasteiger partial charge in [-0.15, -0.1) is 5.10 Å². The zero-order valence-corrected chi connectivity index (χ0v) is 11.3. The second-order valence-electron chi connectivity index (χ2n) is 4.54. The van der Waals surface area contributed by atoms with Crippen LogP contribution in [0.5, 0.6) is 0 Å². The van der Waals surface area contributed by atoms with Crippen LogP contribution in [0.4, 0.5) is 0 Å². The van der Waals surface area contributed by atoms with Gasteiger partial charge in [0.15, 0.2) is 11.5 Å². The Balaban J connectivity index is 1.89. The van der Waals surface area contributed by atoms with Crippen LogP contribution in [-0.4, -0.2) is 29.8 Å². The largest absolute Gasteiger partial charge is 0.244 e. The molecule has 6 heteroatoms. The van der Waals surface area contributed by atoms with Crippen molar-refractivity contribution in [3.63, 3.8) is 0 Å². The summed E-state index contributed by atoms with van der Waals surface area (Å²) in [6.07, 6.45) is 5.63. The van der Waals surface area contributed by atoms with E-state index < -0.39 is 0 Å². The van der Waals surface area contributed by atoms with E-state index >= 15 is 0 Å². The number of para-hydroxylation sites is 1. The minimum Gasteiger partial charge on any atom is -0.244 e. The van der Waals surface area contributed by atoms with Crippen LogP contribution in [0.3, 0.4) is 0 Å². The van der Waals surface area contributed by atoms with E-state index in [4.69, 9.17) is 0 Å². The smallest absolute Gasteiger partial charge is 0.180 e. The fraction of sp³-hybridized carbons (Fsp3) is 0.286. The van der Waals surface area contributed by atoms with E-state index in [0.717, 1.165) is 36.6 Å². The third-order valence-electron chi connectivity index (χ3n) is 3.08. The van der Waals surface area contributed by atoms with Gasteiger partial charge in [-0.25, -0.2) is 14.3 Å². The zero-order valence-electron chi connectivity index (χ0n) is 11.3. The van der Waals surface area contributed by atoms with Crippen LogP contribution in [0.1, 0.15) is 19.8 Å². The van der Waals surface area contributed by atoms with Gasteiger partial charge in [-0.2, -0.15) is 5.10 Å². The molecule has 2 aromatic heterocycles. The van der Waals surface area contributed by atoms with Crippen molar-refractivity contribution in [3.8, 4) is 17.2 Å². The van der Waals surface area contributed by atoms with E-state index in [1.54, 1.807) is 11.0 Å². The summed E-state index contributed by atoms with van der Waals surface area (Å²) >= 11 is 0. The van der Waals surface area contributed by atoms with Crippen LogP contribution in [-0.2, 0) is 6.54 Å². The minimum absolute atomic E-state index is 0.738. The molecule has 6 nitrogen and oxygen atoms in total. The van der Waals surface area contributed by atoms with Crippen LogP contribution < -0.4 is 0 Å². The standard InChI is InChI=1S/C14H16N6/c1-2-3-9-19-14(15-11-16-19)13-10-20(18-17-13)12-7-5-4-6-8-12/h4-8,10-11H,2-3,9H2,1H3. The minimum atomic E-state index is 0.738. The highest BCUT2D eigenvalue weighted by Gasteiger charge is 2.11. The van der Waals surface area contributed by atoms with Crippen molar-refractivity contribution in [2.24, 2.45) is 0 Å². The van der Waals surface area contributed by atoms with Crippen LogP contribution in [0, 0.1) is 0 Å². The Labute approximate surface area is 117 Å². The van der Waals surface area contributed by atoms with Gasteiger partial charge in [0.25, 0.3) is 0 Å². The summed E-state index contributed by atoms with van der Waals surface area (Å²) in [5.41, 5.74) is 1.72. The molecule has 0 unspecified atom stereocenters. The average Bonchev–Trinajstić information content (AvgIpc) is 3.14. The monoisotopic (exact) mass is 268 g/mol. The molecule has 0 atom stereocenters. The first-order chi connectivity index (χ1) is 9.88. The second kappa shape index (κ2) is 5.64. The highest BCUT2D eigenvalue weighted by molar-refractivity contribution is 5.47. The van der Waals surface area contributed by atoms with Crippen LogP contribution in [0.15, 0.2) is 42.9 Å². The Morgan fingerprint density at radius 3 is 2.80 bits per heavy atom. The van der Waals surface area contributed by atoms with Crippen LogP contribution in [0.2, 0.25) is 0 Å². The Morgan fingerprint density at radius 1 is 1.15 bits per heavy atom. The number of hydrogen-bond donors (Lipinski definition) is 0. The van der Waals surface area contributed by atoms with Gasteiger partial charge in [0, 0.05) is 6.54 Å². The molecule has 0 fully saturated rings.